The molecule has 2 aromatic rings. The number of thiazole rings is 1. The molecule has 3 rings (SSSR count). The zero-order valence-corrected chi connectivity index (χ0v) is 11.8. The predicted molar refractivity (Wildman–Crippen MR) is 77.1 cm³/mol. The summed E-state index contributed by atoms with van der Waals surface area (Å²) in [5, 5.41) is 10.1. The van der Waals surface area contributed by atoms with Crippen molar-refractivity contribution in [3.8, 4) is 0 Å². The Morgan fingerprint density at radius 3 is 2.74 bits per heavy atom. The number of thioether (sulfide) groups is 1. The van der Waals surface area contributed by atoms with Gasteiger partial charge in [0.2, 0.25) is 0 Å². The summed E-state index contributed by atoms with van der Waals surface area (Å²) < 4.78 is 0. The van der Waals surface area contributed by atoms with Crippen LogP contribution in [0.5, 0.6) is 0 Å². The van der Waals surface area contributed by atoms with Gasteiger partial charge in [-0.15, -0.1) is 23.1 Å². The maximum absolute atomic E-state index is 11.2. The van der Waals surface area contributed by atoms with E-state index < -0.39 is 5.97 Å². The van der Waals surface area contributed by atoms with E-state index in [2.05, 4.69) is 17.1 Å². The van der Waals surface area contributed by atoms with Crippen LogP contribution in [0.3, 0.4) is 0 Å². The Balaban J connectivity index is 1.74. The molecule has 3 nitrogen and oxygen atoms in total. The first-order valence-corrected chi connectivity index (χ1v) is 7.95. The first kappa shape index (κ1) is 12.7. The monoisotopic (exact) mass is 291 g/mol. The summed E-state index contributed by atoms with van der Waals surface area (Å²) in [6.07, 6.45) is 2.16. The summed E-state index contributed by atoms with van der Waals surface area (Å²) in [4.78, 5) is 17.3. The molecule has 1 fully saturated rings. The van der Waals surface area contributed by atoms with Crippen LogP contribution in [0.25, 0.3) is 0 Å². The average molecular weight is 291 g/mol. The number of carbonyl (C=O) groups is 1. The van der Waals surface area contributed by atoms with Crippen molar-refractivity contribution in [1.82, 2.24) is 4.98 Å². The molecule has 1 saturated carbocycles. The largest absolute Gasteiger partial charge is 0.477 e. The Bertz CT molecular complexity index is 591. The SMILES string of the molecule is O=C(O)c1sc(CSc2ccccc2)nc1C1CC1. The molecular formula is C14H13NO2S2. The minimum atomic E-state index is -0.838. The molecule has 0 unspecified atom stereocenters. The minimum Gasteiger partial charge on any atom is -0.477 e. The van der Waals surface area contributed by atoms with Crippen molar-refractivity contribution >= 4 is 29.1 Å². The molecule has 1 aromatic heterocycles. The maximum Gasteiger partial charge on any atom is 0.347 e. The van der Waals surface area contributed by atoms with Gasteiger partial charge in [0.05, 0.1) is 11.4 Å². The van der Waals surface area contributed by atoms with Gasteiger partial charge in [0.1, 0.15) is 9.88 Å². The van der Waals surface area contributed by atoms with Crippen molar-refractivity contribution in [3.63, 3.8) is 0 Å². The van der Waals surface area contributed by atoms with Gasteiger partial charge in [-0.1, -0.05) is 18.2 Å². The van der Waals surface area contributed by atoms with Gasteiger partial charge in [-0.25, -0.2) is 9.78 Å². The molecule has 1 N–H and O–H groups in total. The number of aromatic nitrogens is 1. The van der Waals surface area contributed by atoms with Crippen LogP contribution in [-0.2, 0) is 5.75 Å². The summed E-state index contributed by atoms with van der Waals surface area (Å²) in [6, 6.07) is 10.1. The lowest BCUT2D eigenvalue weighted by Crippen LogP contribution is -1.97. The van der Waals surface area contributed by atoms with Crippen molar-refractivity contribution in [2.45, 2.75) is 29.4 Å². The van der Waals surface area contributed by atoms with Crippen molar-refractivity contribution in [3.05, 3.63) is 45.9 Å². The lowest BCUT2D eigenvalue weighted by Gasteiger charge is -1.97. The van der Waals surface area contributed by atoms with Crippen molar-refractivity contribution < 1.29 is 9.90 Å². The van der Waals surface area contributed by atoms with Gasteiger partial charge >= 0.3 is 5.97 Å². The minimum absolute atomic E-state index is 0.387. The molecule has 1 heterocycles. The van der Waals surface area contributed by atoms with Gasteiger partial charge in [-0.05, 0) is 25.0 Å². The highest BCUT2D eigenvalue weighted by Gasteiger charge is 2.31. The molecule has 0 bridgehead atoms. The highest BCUT2D eigenvalue weighted by molar-refractivity contribution is 7.98. The lowest BCUT2D eigenvalue weighted by atomic mass is 10.2. The molecule has 19 heavy (non-hydrogen) atoms. The predicted octanol–water partition coefficient (Wildman–Crippen LogP) is 4.01. The summed E-state index contributed by atoms with van der Waals surface area (Å²) in [5.74, 6) is 0.287. The number of rotatable bonds is 5. The maximum atomic E-state index is 11.2. The number of aromatic carboxylic acids is 1. The molecular weight excluding hydrogens is 278 g/mol. The number of benzene rings is 1. The fourth-order valence-electron chi connectivity index (χ4n) is 1.89. The Morgan fingerprint density at radius 1 is 1.37 bits per heavy atom. The Hall–Kier alpha value is -1.33. The van der Waals surface area contributed by atoms with E-state index in [0.29, 0.717) is 10.8 Å². The van der Waals surface area contributed by atoms with Crippen LogP contribution in [0.15, 0.2) is 35.2 Å². The number of carboxylic acid groups (broad SMARTS) is 1. The van der Waals surface area contributed by atoms with Crippen LogP contribution in [0.2, 0.25) is 0 Å². The Morgan fingerprint density at radius 2 is 2.11 bits per heavy atom. The van der Waals surface area contributed by atoms with E-state index in [4.69, 9.17) is 0 Å². The van der Waals surface area contributed by atoms with E-state index in [-0.39, 0.29) is 0 Å². The van der Waals surface area contributed by atoms with Crippen LogP contribution in [0, 0.1) is 0 Å². The zero-order chi connectivity index (χ0) is 13.2. The molecule has 0 atom stereocenters. The van der Waals surface area contributed by atoms with E-state index in [1.54, 1.807) is 11.8 Å². The van der Waals surface area contributed by atoms with Gasteiger partial charge in [0.25, 0.3) is 0 Å². The van der Waals surface area contributed by atoms with Gasteiger partial charge in [-0.2, -0.15) is 0 Å². The van der Waals surface area contributed by atoms with E-state index in [1.807, 2.05) is 18.2 Å². The Labute approximate surface area is 119 Å². The van der Waals surface area contributed by atoms with Gasteiger partial charge in [-0.3, -0.25) is 0 Å². The molecule has 0 spiro atoms. The number of carboxylic acids is 1. The molecule has 5 heteroatoms. The molecule has 0 aliphatic heterocycles. The third-order valence-electron chi connectivity index (χ3n) is 2.96. The van der Waals surface area contributed by atoms with E-state index in [1.165, 1.54) is 16.2 Å². The van der Waals surface area contributed by atoms with Crippen molar-refractivity contribution in [2.75, 3.05) is 0 Å². The number of hydrogen-bond acceptors (Lipinski definition) is 4. The third-order valence-corrected chi connectivity index (χ3v) is 5.23. The van der Waals surface area contributed by atoms with Crippen molar-refractivity contribution in [1.29, 1.82) is 0 Å². The second-order valence-corrected chi connectivity index (χ2v) is 6.64. The van der Waals surface area contributed by atoms with Gasteiger partial charge < -0.3 is 5.11 Å². The second kappa shape index (κ2) is 5.35. The average Bonchev–Trinajstić information content (AvgIpc) is 3.17. The first-order valence-electron chi connectivity index (χ1n) is 6.15. The fraction of sp³-hybridized carbons (Fsp3) is 0.286. The first-order chi connectivity index (χ1) is 9.24. The molecule has 1 aromatic carbocycles. The third kappa shape index (κ3) is 2.98. The van der Waals surface area contributed by atoms with Gasteiger partial charge in [0, 0.05) is 10.8 Å². The van der Waals surface area contributed by atoms with Crippen LogP contribution >= 0.6 is 23.1 Å². The van der Waals surface area contributed by atoms with Crippen molar-refractivity contribution in [2.24, 2.45) is 0 Å². The molecule has 1 aliphatic carbocycles. The van der Waals surface area contributed by atoms with Crippen LogP contribution < -0.4 is 0 Å². The van der Waals surface area contributed by atoms with E-state index >= 15 is 0 Å². The summed E-state index contributed by atoms with van der Waals surface area (Å²) in [5.41, 5.74) is 0.807. The summed E-state index contributed by atoms with van der Waals surface area (Å²) >= 11 is 3.02. The second-order valence-electron chi connectivity index (χ2n) is 4.50. The number of hydrogen-bond donors (Lipinski definition) is 1. The highest BCUT2D eigenvalue weighted by atomic mass is 32.2. The highest BCUT2D eigenvalue weighted by Crippen LogP contribution is 2.43. The molecule has 98 valence electrons. The Kier molecular flexibility index (Phi) is 3.57. The van der Waals surface area contributed by atoms with Crippen LogP contribution in [0.1, 0.15) is 39.1 Å². The van der Waals surface area contributed by atoms with E-state index in [9.17, 15) is 9.90 Å². The molecule has 1 aliphatic rings. The number of nitrogens with zero attached hydrogens (tertiary/aromatic N) is 1. The van der Waals surface area contributed by atoms with Gasteiger partial charge in [0.15, 0.2) is 0 Å². The van der Waals surface area contributed by atoms with Crippen LogP contribution in [-0.4, -0.2) is 16.1 Å². The normalized spacial score (nSPS) is 14.5. The standard InChI is InChI=1S/C14H13NO2S2/c16-14(17)13-12(9-6-7-9)15-11(19-13)8-18-10-4-2-1-3-5-10/h1-5,9H,6-8H2,(H,16,17). The molecule has 0 amide bonds. The topological polar surface area (TPSA) is 50.2 Å². The smallest absolute Gasteiger partial charge is 0.347 e. The summed E-state index contributed by atoms with van der Waals surface area (Å²) in [6.45, 7) is 0. The fourth-order valence-corrected chi connectivity index (χ4v) is 3.79. The molecule has 0 radical (unpaired) electrons. The van der Waals surface area contributed by atoms with E-state index in [0.717, 1.165) is 29.3 Å². The molecule has 0 saturated heterocycles. The lowest BCUT2D eigenvalue weighted by molar-refractivity contribution is 0.0700. The quantitative estimate of drug-likeness (QED) is 0.846. The van der Waals surface area contributed by atoms with Crippen LogP contribution in [0.4, 0.5) is 0 Å². The zero-order valence-electron chi connectivity index (χ0n) is 10.2. The summed E-state index contributed by atoms with van der Waals surface area (Å²) in [7, 11) is 0.